The molecule has 1 N–H and O–H groups in total. The number of methoxy groups -OCH3 is 1. The molecule has 0 spiro atoms. The van der Waals surface area contributed by atoms with Gasteiger partial charge in [-0.3, -0.25) is 24.7 Å². The van der Waals surface area contributed by atoms with E-state index in [-0.39, 0.29) is 17.3 Å². The monoisotopic (exact) mass is 403 g/mol. The number of carbonyl (C=O) groups is 1. The molecule has 10 heteroatoms. The molecule has 1 aromatic heterocycles. The lowest BCUT2D eigenvalue weighted by Crippen LogP contribution is -2.52. The molecule has 3 rings (SSSR count). The first-order chi connectivity index (χ1) is 13.9. The van der Waals surface area contributed by atoms with E-state index in [0.717, 1.165) is 24.5 Å². The summed E-state index contributed by atoms with van der Waals surface area (Å²) in [6.45, 7) is 7.39. The van der Waals surface area contributed by atoms with E-state index in [1.807, 2.05) is 13.0 Å². The van der Waals surface area contributed by atoms with E-state index in [4.69, 9.17) is 9.26 Å². The van der Waals surface area contributed by atoms with Crippen molar-refractivity contribution in [1.82, 2.24) is 15.0 Å². The van der Waals surface area contributed by atoms with Crippen LogP contribution in [0.2, 0.25) is 0 Å². The van der Waals surface area contributed by atoms with Crippen molar-refractivity contribution in [3.05, 3.63) is 45.8 Å². The topological polar surface area (TPSA) is 114 Å². The zero-order valence-electron chi connectivity index (χ0n) is 16.8. The summed E-state index contributed by atoms with van der Waals surface area (Å²) in [6, 6.07) is 5.87. The van der Waals surface area contributed by atoms with Gasteiger partial charge in [0.2, 0.25) is 5.91 Å². The Morgan fingerprint density at radius 2 is 2.07 bits per heavy atom. The highest BCUT2D eigenvalue weighted by atomic mass is 16.6. The van der Waals surface area contributed by atoms with E-state index in [1.165, 1.54) is 19.2 Å². The summed E-state index contributed by atoms with van der Waals surface area (Å²) in [4.78, 5) is 27.7. The van der Waals surface area contributed by atoms with Crippen LogP contribution in [0.5, 0.6) is 5.75 Å². The molecule has 1 amide bonds. The van der Waals surface area contributed by atoms with E-state index in [2.05, 4.69) is 20.3 Å². The minimum absolute atomic E-state index is 0.159. The molecule has 0 saturated carbocycles. The second kappa shape index (κ2) is 9.01. The van der Waals surface area contributed by atoms with Gasteiger partial charge in [-0.2, -0.15) is 0 Å². The second-order valence-corrected chi connectivity index (χ2v) is 7.05. The van der Waals surface area contributed by atoms with Gasteiger partial charge in [-0.1, -0.05) is 5.16 Å². The van der Waals surface area contributed by atoms with Gasteiger partial charge < -0.3 is 14.6 Å². The maximum Gasteiger partial charge on any atom is 0.296 e. The predicted octanol–water partition coefficient (Wildman–Crippen LogP) is 2.04. The van der Waals surface area contributed by atoms with Crippen LogP contribution in [-0.4, -0.2) is 65.1 Å². The summed E-state index contributed by atoms with van der Waals surface area (Å²) < 4.78 is 10.3. The lowest BCUT2D eigenvalue weighted by molar-refractivity contribution is -0.384. The van der Waals surface area contributed by atoms with Crippen molar-refractivity contribution >= 4 is 17.3 Å². The van der Waals surface area contributed by atoms with Gasteiger partial charge in [-0.05, 0) is 26.0 Å². The molecule has 1 unspecified atom stereocenters. The maximum atomic E-state index is 12.7. The van der Waals surface area contributed by atoms with E-state index >= 15 is 0 Å². The Labute approximate surface area is 168 Å². The normalized spacial score (nSPS) is 16.4. The number of aromatic nitrogens is 1. The minimum Gasteiger partial charge on any atom is -0.496 e. The SMILES string of the molecule is COc1ccc(NC(=O)C(C)N2CCN(Cc3cc(C)no3)CC2)c([N+](=O)[O-])c1. The molecular formula is C19H25N5O5. The summed E-state index contributed by atoms with van der Waals surface area (Å²) in [5.74, 6) is 0.909. The third-order valence-corrected chi connectivity index (χ3v) is 5.05. The van der Waals surface area contributed by atoms with Crippen molar-refractivity contribution in [1.29, 1.82) is 0 Å². The molecular weight excluding hydrogens is 378 g/mol. The number of piperazine rings is 1. The number of hydrogen-bond acceptors (Lipinski definition) is 8. The highest BCUT2D eigenvalue weighted by Gasteiger charge is 2.27. The van der Waals surface area contributed by atoms with Gasteiger partial charge in [0.05, 0.1) is 36.4 Å². The first kappa shape index (κ1) is 20.7. The molecule has 1 aliphatic heterocycles. The number of hydrogen-bond donors (Lipinski definition) is 1. The van der Waals surface area contributed by atoms with Gasteiger partial charge in [0.1, 0.15) is 11.4 Å². The predicted molar refractivity (Wildman–Crippen MR) is 106 cm³/mol. The molecule has 0 aliphatic carbocycles. The van der Waals surface area contributed by atoms with Crippen LogP contribution >= 0.6 is 0 Å². The number of aryl methyl sites for hydroxylation is 1. The Morgan fingerprint density at radius 3 is 2.66 bits per heavy atom. The highest BCUT2D eigenvalue weighted by molar-refractivity contribution is 5.96. The standard InChI is InChI=1S/C19H25N5O5/c1-13-10-16(29-21-13)12-22-6-8-23(9-7-22)14(2)19(25)20-17-5-4-15(28-3)11-18(17)24(26)27/h4-5,10-11,14H,6-9,12H2,1-3H3,(H,20,25). The van der Waals surface area contributed by atoms with Crippen LogP contribution in [0.1, 0.15) is 18.4 Å². The van der Waals surface area contributed by atoms with Gasteiger partial charge in [0.15, 0.2) is 5.76 Å². The minimum atomic E-state index is -0.535. The average molecular weight is 403 g/mol. The molecule has 1 atom stereocenters. The Hall–Kier alpha value is -2.98. The highest BCUT2D eigenvalue weighted by Crippen LogP contribution is 2.29. The third-order valence-electron chi connectivity index (χ3n) is 5.05. The van der Waals surface area contributed by atoms with Crippen molar-refractivity contribution in [2.75, 3.05) is 38.6 Å². The van der Waals surface area contributed by atoms with Crippen LogP contribution < -0.4 is 10.1 Å². The first-order valence-corrected chi connectivity index (χ1v) is 9.39. The summed E-state index contributed by atoms with van der Waals surface area (Å²) >= 11 is 0. The van der Waals surface area contributed by atoms with Crippen molar-refractivity contribution in [3.63, 3.8) is 0 Å². The van der Waals surface area contributed by atoms with Crippen LogP contribution in [0, 0.1) is 17.0 Å². The second-order valence-electron chi connectivity index (χ2n) is 7.05. The van der Waals surface area contributed by atoms with Crippen molar-refractivity contribution in [2.45, 2.75) is 26.4 Å². The van der Waals surface area contributed by atoms with Crippen LogP contribution in [-0.2, 0) is 11.3 Å². The van der Waals surface area contributed by atoms with Crippen molar-refractivity contribution in [2.24, 2.45) is 0 Å². The number of ether oxygens (including phenoxy) is 1. The van der Waals surface area contributed by atoms with Gasteiger partial charge in [-0.25, -0.2) is 0 Å². The number of nitro benzene ring substituents is 1. The Morgan fingerprint density at radius 1 is 1.34 bits per heavy atom. The lowest BCUT2D eigenvalue weighted by Gasteiger charge is -2.36. The lowest BCUT2D eigenvalue weighted by atomic mass is 10.2. The fraction of sp³-hybridized carbons (Fsp3) is 0.474. The zero-order valence-corrected chi connectivity index (χ0v) is 16.8. The summed E-state index contributed by atoms with van der Waals surface area (Å²) in [5.41, 5.74) is 0.820. The molecule has 0 radical (unpaired) electrons. The van der Waals surface area contributed by atoms with E-state index in [1.54, 1.807) is 13.0 Å². The van der Waals surface area contributed by atoms with Crippen LogP contribution in [0.15, 0.2) is 28.8 Å². The number of benzene rings is 1. The number of nitrogens with one attached hydrogen (secondary N) is 1. The largest absolute Gasteiger partial charge is 0.496 e. The quantitative estimate of drug-likeness (QED) is 0.552. The molecule has 1 aromatic carbocycles. The first-order valence-electron chi connectivity index (χ1n) is 9.39. The molecule has 2 heterocycles. The third kappa shape index (κ3) is 5.09. The van der Waals surface area contributed by atoms with E-state index in [0.29, 0.717) is 25.4 Å². The Kier molecular flexibility index (Phi) is 6.45. The van der Waals surface area contributed by atoms with Gasteiger partial charge in [0.25, 0.3) is 5.69 Å². The molecule has 29 heavy (non-hydrogen) atoms. The molecule has 10 nitrogen and oxygen atoms in total. The van der Waals surface area contributed by atoms with Gasteiger partial charge >= 0.3 is 0 Å². The van der Waals surface area contributed by atoms with E-state index < -0.39 is 11.0 Å². The van der Waals surface area contributed by atoms with Crippen molar-refractivity contribution < 1.29 is 19.0 Å². The maximum absolute atomic E-state index is 12.7. The summed E-state index contributed by atoms with van der Waals surface area (Å²) in [7, 11) is 1.43. The average Bonchev–Trinajstić information content (AvgIpc) is 3.12. The number of amides is 1. The zero-order chi connectivity index (χ0) is 21.0. The molecule has 2 aromatic rings. The molecule has 0 bridgehead atoms. The van der Waals surface area contributed by atoms with Crippen LogP contribution in [0.25, 0.3) is 0 Å². The van der Waals surface area contributed by atoms with E-state index in [9.17, 15) is 14.9 Å². The fourth-order valence-electron chi connectivity index (χ4n) is 3.32. The Balaban J connectivity index is 1.56. The van der Waals surface area contributed by atoms with Crippen molar-refractivity contribution in [3.8, 4) is 5.75 Å². The van der Waals surface area contributed by atoms with Crippen LogP contribution in [0.4, 0.5) is 11.4 Å². The number of rotatable bonds is 7. The molecule has 1 aliphatic rings. The number of nitrogens with zero attached hydrogens (tertiary/aromatic N) is 4. The van der Waals surface area contributed by atoms with Gasteiger partial charge in [-0.15, -0.1) is 0 Å². The fourth-order valence-corrected chi connectivity index (χ4v) is 3.32. The smallest absolute Gasteiger partial charge is 0.296 e. The molecule has 1 fully saturated rings. The summed E-state index contributed by atoms with van der Waals surface area (Å²) in [5, 5.41) is 17.9. The molecule has 1 saturated heterocycles. The Bertz CT molecular complexity index is 876. The number of anilines is 1. The number of nitro groups is 1. The van der Waals surface area contributed by atoms with Crippen LogP contribution in [0.3, 0.4) is 0 Å². The molecule has 156 valence electrons. The van der Waals surface area contributed by atoms with Gasteiger partial charge in [0, 0.05) is 32.2 Å². The summed E-state index contributed by atoms with van der Waals surface area (Å²) in [6.07, 6.45) is 0. The number of carbonyl (C=O) groups excluding carboxylic acids is 1.